The van der Waals surface area contributed by atoms with Gasteiger partial charge in [-0.1, -0.05) is 47.7 Å². The zero-order valence-electron chi connectivity index (χ0n) is 16.3. The minimum Gasteiger partial charge on any atom is -0.355 e. The Bertz CT molecular complexity index is 1060. The predicted octanol–water partition coefficient (Wildman–Crippen LogP) is 3.89. The third-order valence-corrected chi connectivity index (χ3v) is 6.17. The Hall–Kier alpha value is -2.51. The minimum absolute atomic E-state index is 0.0768. The van der Waals surface area contributed by atoms with Crippen molar-refractivity contribution >= 4 is 40.3 Å². The summed E-state index contributed by atoms with van der Waals surface area (Å²) >= 11 is 2.97. The fourth-order valence-corrected chi connectivity index (χ4v) is 4.33. The standard InChI is InChI=1S/C22H23N3O2S2/c1-3-13-25-21(27)18-6-4-5-7-19(18)24-22(25)29-15-20(26)23-12-14-28-17-10-8-16(2)9-11-17/h3-11H,1,12-15H2,2H3,(H,23,26). The summed E-state index contributed by atoms with van der Waals surface area (Å²) in [6, 6.07) is 15.6. The first kappa shape index (κ1) is 21.2. The molecule has 29 heavy (non-hydrogen) atoms. The Kier molecular flexibility index (Phi) is 7.55. The number of carbonyl (C=O) groups excluding carboxylic acids is 1. The van der Waals surface area contributed by atoms with E-state index < -0.39 is 0 Å². The topological polar surface area (TPSA) is 64.0 Å². The zero-order chi connectivity index (χ0) is 20.6. The molecule has 0 atom stereocenters. The molecule has 5 nitrogen and oxygen atoms in total. The molecule has 3 rings (SSSR count). The van der Waals surface area contributed by atoms with Crippen molar-refractivity contribution in [3.05, 3.63) is 77.1 Å². The van der Waals surface area contributed by atoms with Gasteiger partial charge >= 0.3 is 0 Å². The van der Waals surface area contributed by atoms with Crippen molar-refractivity contribution in [2.45, 2.75) is 23.5 Å². The third-order valence-electron chi connectivity index (χ3n) is 4.18. The molecular weight excluding hydrogens is 402 g/mol. The molecule has 0 bridgehead atoms. The maximum atomic E-state index is 12.7. The van der Waals surface area contributed by atoms with E-state index in [-0.39, 0.29) is 17.2 Å². The number of nitrogens with one attached hydrogen (secondary N) is 1. The summed E-state index contributed by atoms with van der Waals surface area (Å²) in [5.74, 6) is 0.929. The zero-order valence-corrected chi connectivity index (χ0v) is 17.9. The van der Waals surface area contributed by atoms with Crippen LogP contribution in [0.25, 0.3) is 10.9 Å². The Morgan fingerprint density at radius 1 is 1.17 bits per heavy atom. The van der Waals surface area contributed by atoms with Crippen LogP contribution >= 0.6 is 23.5 Å². The Balaban J connectivity index is 1.56. The van der Waals surface area contributed by atoms with Crippen LogP contribution in [0.2, 0.25) is 0 Å². The number of rotatable bonds is 9. The van der Waals surface area contributed by atoms with Crippen LogP contribution in [0.4, 0.5) is 0 Å². The average molecular weight is 426 g/mol. The number of benzene rings is 2. The lowest BCUT2D eigenvalue weighted by Crippen LogP contribution is -2.28. The van der Waals surface area contributed by atoms with Crippen molar-refractivity contribution in [2.24, 2.45) is 0 Å². The maximum Gasteiger partial charge on any atom is 0.262 e. The van der Waals surface area contributed by atoms with E-state index in [1.807, 2.05) is 12.1 Å². The van der Waals surface area contributed by atoms with Crippen LogP contribution < -0.4 is 10.9 Å². The van der Waals surface area contributed by atoms with Gasteiger partial charge in [0.05, 0.1) is 16.7 Å². The number of thioether (sulfide) groups is 2. The minimum atomic E-state index is -0.118. The molecule has 1 N–H and O–H groups in total. The fraction of sp³-hybridized carbons (Fsp3) is 0.227. The summed E-state index contributed by atoms with van der Waals surface area (Å²) in [6.45, 7) is 6.72. The fourth-order valence-electron chi connectivity index (χ4n) is 2.72. The van der Waals surface area contributed by atoms with E-state index in [4.69, 9.17) is 0 Å². The lowest BCUT2D eigenvalue weighted by molar-refractivity contribution is -0.118. The number of nitrogens with zero attached hydrogens (tertiary/aromatic N) is 2. The third kappa shape index (κ3) is 5.74. The second kappa shape index (κ2) is 10.3. The van der Waals surface area contributed by atoms with Gasteiger partial charge in [0.25, 0.3) is 5.56 Å². The van der Waals surface area contributed by atoms with E-state index >= 15 is 0 Å². The van der Waals surface area contributed by atoms with Crippen LogP contribution in [0.3, 0.4) is 0 Å². The van der Waals surface area contributed by atoms with Gasteiger partial charge in [-0.25, -0.2) is 4.98 Å². The van der Waals surface area contributed by atoms with Crippen LogP contribution in [0.5, 0.6) is 0 Å². The molecule has 0 spiro atoms. The Morgan fingerprint density at radius 3 is 2.69 bits per heavy atom. The van der Waals surface area contributed by atoms with Gasteiger partial charge in [0.2, 0.25) is 5.91 Å². The largest absolute Gasteiger partial charge is 0.355 e. The van der Waals surface area contributed by atoms with Crippen LogP contribution in [0.15, 0.2) is 76.0 Å². The van der Waals surface area contributed by atoms with Crippen LogP contribution in [-0.4, -0.2) is 33.5 Å². The number of carbonyl (C=O) groups is 1. The quantitative estimate of drug-likeness (QED) is 0.244. The van der Waals surface area contributed by atoms with Crippen molar-refractivity contribution in [1.29, 1.82) is 0 Å². The molecule has 0 saturated carbocycles. The molecule has 150 valence electrons. The van der Waals surface area contributed by atoms with E-state index in [2.05, 4.69) is 48.1 Å². The Labute approximate surface area is 178 Å². The van der Waals surface area contributed by atoms with Crippen LogP contribution in [0, 0.1) is 6.92 Å². The predicted molar refractivity (Wildman–Crippen MR) is 122 cm³/mol. The highest BCUT2D eigenvalue weighted by molar-refractivity contribution is 7.99. The van der Waals surface area contributed by atoms with Gasteiger partial charge in [0.15, 0.2) is 5.16 Å². The van der Waals surface area contributed by atoms with Crippen molar-refractivity contribution in [3.63, 3.8) is 0 Å². The van der Waals surface area contributed by atoms with Gasteiger partial charge in [-0.15, -0.1) is 18.3 Å². The first-order valence-electron chi connectivity index (χ1n) is 9.28. The highest BCUT2D eigenvalue weighted by Crippen LogP contribution is 2.19. The number of allylic oxidation sites excluding steroid dienone is 1. The van der Waals surface area contributed by atoms with E-state index in [0.29, 0.717) is 29.1 Å². The second-order valence-corrected chi connectivity index (χ2v) is 8.53. The number of aromatic nitrogens is 2. The number of amides is 1. The molecule has 1 amide bonds. The average Bonchev–Trinajstić information content (AvgIpc) is 2.73. The van der Waals surface area contributed by atoms with Crippen LogP contribution in [-0.2, 0) is 11.3 Å². The summed E-state index contributed by atoms with van der Waals surface area (Å²) in [5.41, 5.74) is 1.75. The normalized spacial score (nSPS) is 10.8. The number of hydrogen-bond donors (Lipinski definition) is 1. The van der Waals surface area contributed by atoms with E-state index in [9.17, 15) is 9.59 Å². The SMILES string of the molecule is C=CCn1c(SCC(=O)NCCSc2ccc(C)cc2)nc2ccccc2c1=O. The van der Waals surface area contributed by atoms with Gasteiger partial charge < -0.3 is 5.32 Å². The summed E-state index contributed by atoms with van der Waals surface area (Å²) in [5, 5.41) is 4.01. The Morgan fingerprint density at radius 2 is 1.93 bits per heavy atom. The smallest absolute Gasteiger partial charge is 0.262 e. The molecule has 0 radical (unpaired) electrons. The lowest BCUT2D eigenvalue weighted by atomic mass is 10.2. The first-order valence-corrected chi connectivity index (χ1v) is 11.2. The molecule has 1 heterocycles. The van der Waals surface area contributed by atoms with E-state index in [1.54, 1.807) is 34.5 Å². The van der Waals surface area contributed by atoms with Gasteiger partial charge in [-0.3, -0.25) is 14.2 Å². The summed E-state index contributed by atoms with van der Waals surface area (Å²) < 4.78 is 1.56. The van der Waals surface area contributed by atoms with E-state index in [1.165, 1.54) is 22.2 Å². The number of fused-ring (bicyclic) bond motifs is 1. The highest BCUT2D eigenvalue weighted by Gasteiger charge is 2.12. The van der Waals surface area contributed by atoms with E-state index in [0.717, 1.165) is 5.75 Å². The molecule has 0 fully saturated rings. The van der Waals surface area contributed by atoms with Crippen molar-refractivity contribution in [1.82, 2.24) is 14.9 Å². The summed E-state index contributed by atoms with van der Waals surface area (Å²) in [4.78, 5) is 30.7. The van der Waals surface area contributed by atoms with Gasteiger partial charge in [-0.2, -0.15) is 0 Å². The molecule has 2 aromatic carbocycles. The molecule has 1 aromatic heterocycles. The first-order chi connectivity index (χ1) is 14.1. The molecule has 0 aliphatic rings. The lowest BCUT2D eigenvalue weighted by Gasteiger charge is -2.11. The summed E-state index contributed by atoms with van der Waals surface area (Å²) in [7, 11) is 0. The number of hydrogen-bond acceptors (Lipinski definition) is 5. The maximum absolute atomic E-state index is 12.7. The molecule has 0 aliphatic carbocycles. The van der Waals surface area contributed by atoms with Crippen molar-refractivity contribution < 1.29 is 4.79 Å². The number of aryl methyl sites for hydroxylation is 1. The van der Waals surface area contributed by atoms with Gasteiger partial charge in [0.1, 0.15) is 0 Å². The van der Waals surface area contributed by atoms with Gasteiger partial charge in [-0.05, 0) is 31.2 Å². The molecule has 0 saturated heterocycles. The summed E-state index contributed by atoms with van der Waals surface area (Å²) in [6.07, 6.45) is 1.66. The van der Waals surface area contributed by atoms with Crippen molar-refractivity contribution in [2.75, 3.05) is 18.1 Å². The van der Waals surface area contributed by atoms with Crippen molar-refractivity contribution in [3.8, 4) is 0 Å². The monoisotopic (exact) mass is 425 g/mol. The van der Waals surface area contributed by atoms with Crippen LogP contribution in [0.1, 0.15) is 5.56 Å². The molecule has 7 heteroatoms. The molecule has 0 aliphatic heterocycles. The molecular formula is C22H23N3O2S2. The van der Waals surface area contributed by atoms with Gasteiger partial charge in [0, 0.05) is 23.7 Å². The molecule has 0 unspecified atom stereocenters. The second-order valence-electron chi connectivity index (χ2n) is 6.42. The number of para-hydroxylation sites is 1. The molecule has 3 aromatic rings. The highest BCUT2D eigenvalue weighted by atomic mass is 32.2.